The summed E-state index contributed by atoms with van der Waals surface area (Å²) >= 11 is 1.58. The molecule has 0 amide bonds. The Balaban J connectivity index is 2.85. The topological polar surface area (TPSA) is 40.5 Å². The normalized spacial score (nSPS) is 14.8. The van der Waals surface area contributed by atoms with Gasteiger partial charge in [-0.05, 0) is 37.8 Å². The zero-order chi connectivity index (χ0) is 9.35. The summed E-state index contributed by atoms with van der Waals surface area (Å²) in [6.07, 6.45) is -0.789. The molecule has 0 spiro atoms. The van der Waals surface area contributed by atoms with E-state index in [-0.39, 0.29) is 0 Å². The van der Waals surface area contributed by atoms with Crippen molar-refractivity contribution in [2.24, 2.45) is 0 Å². The molecule has 0 aromatic carbocycles. The van der Waals surface area contributed by atoms with Gasteiger partial charge in [0.1, 0.15) is 6.10 Å². The van der Waals surface area contributed by atoms with Gasteiger partial charge in [-0.2, -0.15) is 0 Å². The molecule has 0 aliphatic rings. The van der Waals surface area contributed by atoms with Crippen molar-refractivity contribution in [2.45, 2.75) is 32.5 Å². The molecule has 0 saturated carbocycles. The lowest BCUT2D eigenvalue weighted by molar-refractivity contribution is -0.0494. The van der Waals surface area contributed by atoms with E-state index < -0.39 is 11.7 Å². The smallest absolute Gasteiger partial charge is 0.108 e. The average molecular weight is 186 g/mol. The Morgan fingerprint density at radius 1 is 1.50 bits per heavy atom. The summed E-state index contributed by atoms with van der Waals surface area (Å²) in [4.78, 5) is 1.15. The van der Waals surface area contributed by atoms with E-state index in [1.165, 1.54) is 0 Å². The molecule has 1 atom stereocenters. The van der Waals surface area contributed by atoms with Crippen molar-refractivity contribution in [2.75, 3.05) is 0 Å². The Bertz CT molecular complexity index is 260. The third-order valence-corrected chi connectivity index (χ3v) is 2.62. The Hall–Kier alpha value is -0.380. The van der Waals surface area contributed by atoms with Gasteiger partial charge in [0.2, 0.25) is 0 Å². The van der Waals surface area contributed by atoms with Gasteiger partial charge in [0.05, 0.1) is 5.60 Å². The highest BCUT2D eigenvalue weighted by Crippen LogP contribution is 2.28. The van der Waals surface area contributed by atoms with Crippen LogP contribution in [0.2, 0.25) is 0 Å². The third-order valence-electron chi connectivity index (χ3n) is 1.74. The Morgan fingerprint density at radius 2 is 2.08 bits per heavy atom. The molecule has 0 aliphatic carbocycles. The minimum absolute atomic E-state index is 0.789. The van der Waals surface area contributed by atoms with Crippen molar-refractivity contribution in [1.82, 2.24) is 0 Å². The lowest BCUT2D eigenvalue weighted by Gasteiger charge is -2.23. The van der Waals surface area contributed by atoms with Crippen LogP contribution in [-0.2, 0) is 0 Å². The zero-order valence-electron chi connectivity index (χ0n) is 7.53. The van der Waals surface area contributed by atoms with Crippen molar-refractivity contribution < 1.29 is 10.2 Å². The fourth-order valence-electron chi connectivity index (χ4n) is 1.01. The molecule has 1 unspecified atom stereocenters. The second-order valence-electron chi connectivity index (χ2n) is 3.55. The fourth-order valence-corrected chi connectivity index (χ4v) is 1.74. The number of hydrogen-bond donors (Lipinski definition) is 2. The highest BCUT2D eigenvalue weighted by molar-refractivity contribution is 7.10. The zero-order valence-corrected chi connectivity index (χ0v) is 8.35. The van der Waals surface area contributed by atoms with Gasteiger partial charge >= 0.3 is 0 Å². The molecular weight excluding hydrogens is 172 g/mol. The minimum Gasteiger partial charge on any atom is -0.387 e. The lowest BCUT2D eigenvalue weighted by Crippen LogP contribution is -2.28. The van der Waals surface area contributed by atoms with Crippen molar-refractivity contribution in [3.05, 3.63) is 21.9 Å². The predicted molar refractivity (Wildman–Crippen MR) is 50.3 cm³/mol. The van der Waals surface area contributed by atoms with Crippen LogP contribution >= 0.6 is 11.3 Å². The first-order valence-electron chi connectivity index (χ1n) is 3.87. The van der Waals surface area contributed by atoms with Gasteiger partial charge in [-0.3, -0.25) is 0 Å². The van der Waals surface area contributed by atoms with Gasteiger partial charge in [-0.15, -0.1) is 11.3 Å². The van der Waals surface area contributed by atoms with Gasteiger partial charge in [-0.1, -0.05) is 0 Å². The fraction of sp³-hybridized carbons (Fsp3) is 0.556. The Labute approximate surface area is 76.5 Å². The standard InChI is InChI=1S/C9H14O2S/c1-6-4-7(5-12-6)8(10)9(2,3)11/h4-5,8,10-11H,1-3H3. The lowest BCUT2D eigenvalue weighted by atomic mass is 9.97. The van der Waals surface area contributed by atoms with Crippen molar-refractivity contribution in [1.29, 1.82) is 0 Å². The first-order valence-corrected chi connectivity index (χ1v) is 4.74. The molecule has 1 heterocycles. The third kappa shape index (κ3) is 2.06. The molecule has 0 radical (unpaired) electrons. The van der Waals surface area contributed by atoms with E-state index in [1.807, 2.05) is 18.4 Å². The minimum atomic E-state index is -1.06. The van der Waals surface area contributed by atoms with Crippen LogP contribution in [0.1, 0.15) is 30.4 Å². The van der Waals surface area contributed by atoms with Crippen LogP contribution in [0, 0.1) is 6.92 Å². The van der Waals surface area contributed by atoms with Crippen LogP contribution in [0.25, 0.3) is 0 Å². The molecule has 3 heteroatoms. The summed E-state index contributed by atoms with van der Waals surface area (Å²) in [6, 6.07) is 1.90. The average Bonchev–Trinajstić information content (AvgIpc) is 2.32. The van der Waals surface area contributed by atoms with Crippen LogP contribution in [0.15, 0.2) is 11.4 Å². The van der Waals surface area contributed by atoms with E-state index in [1.54, 1.807) is 25.2 Å². The van der Waals surface area contributed by atoms with Gasteiger partial charge < -0.3 is 10.2 Å². The largest absolute Gasteiger partial charge is 0.387 e. The molecule has 1 aromatic heterocycles. The molecule has 0 aliphatic heterocycles. The first-order chi connectivity index (χ1) is 5.41. The number of aliphatic hydroxyl groups is 2. The van der Waals surface area contributed by atoms with Crippen LogP contribution < -0.4 is 0 Å². The van der Waals surface area contributed by atoms with Gasteiger partial charge in [-0.25, -0.2) is 0 Å². The number of aryl methyl sites for hydroxylation is 1. The second kappa shape index (κ2) is 3.17. The van der Waals surface area contributed by atoms with E-state index in [9.17, 15) is 10.2 Å². The molecule has 0 saturated heterocycles. The van der Waals surface area contributed by atoms with E-state index in [4.69, 9.17) is 0 Å². The summed E-state index contributed by atoms with van der Waals surface area (Å²) in [5, 5.41) is 21.0. The van der Waals surface area contributed by atoms with Crippen LogP contribution in [0.4, 0.5) is 0 Å². The summed E-state index contributed by atoms with van der Waals surface area (Å²) in [5.74, 6) is 0. The summed E-state index contributed by atoms with van der Waals surface area (Å²) in [6.45, 7) is 5.18. The van der Waals surface area contributed by atoms with Crippen LogP contribution in [0.3, 0.4) is 0 Å². The highest BCUT2D eigenvalue weighted by Gasteiger charge is 2.26. The van der Waals surface area contributed by atoms with Crippen LogP contribution in [0.5, 0.6) is 0 Å². The van der Waals surface area contributed by atoms with Gasteiger partial charge in [0.25, 0.3) is 0 Å². The second-order valence-corrected chi connectivity index (χ2v) is 4.66. The first kappa shape index (κ1) is 9.71. The van der Waals surface area contributed by atoms with Crippen molar-refractivity contribution in [3.63, 3.8) is 0 Å². The van der Waals surface area contributed by atoms with Gasteiger partial charge in [0.15, 0.2) is 0 Å². The molecule has 1 aromatic rings. The number of thiophene rings is 1. The highest BCUT2D eigenvalue weighted by atomic mass is 32.1. The Kier molecular flexibility index (Phi) is 2.56. The maximum Gasteiger partial charge on any atom is 0.108 e. The maximum atomic E-state index is 9.63. The number of hydrogen-bond acceptors (Lipinski definition) is 3. The van der Waals surface area contributed by atoms with Crippen molar-refractivity contribution in [3.8, 4) is 0 Å². The Morgan fingerprint density at radius 3 is 2.42 bits per heavy atom. The molecule has 2 N–H and O–H groups in total. The SMILES string of the molecule is Cc1cc(C(O)C(C)(C)O)cs1. The molecule has 0 bridgehead atoms. The summed E-state index contributed by atoms with van der Waals surface area (Å²) in [5.41, 5.74) is -0.266. The molecule has 0 fully saturated rings. The van der Waals surface area contributed by atoms with E-state index in [0.717, 1.165) is 10.4 Å². The predicted octanol–water partition coefficient (Wildman–Crippen LogP) is 1.86. The van der Waals surface area contributed by atoms with Crippen LogP contribution in [-0.4, -0.2) is 15.8 Å². The van der Waals surface area contributed by atoms with E-state index in [0.29, 0.717) is 0 Å². The number of aliphatic hydroxyl groups excluding tert-OH is 1. The van der Waals surface area contributed by atoms with E-state index >= 15 is 0 Å². The van der Waals surface area contributed by atoms with Gasteiger partial charge in [0, 0.05) is 4.88 Å². The summed E-state index contributed by atoms with van der Waals surface area (Å²) in [7, 11) is 0. The van der Waals surface area contributed by atoms with Crippen molar-refractivity contribution >= 4 is 11.3 Å². The maximum absolute atomic E-state index is 9.63. The molecule has 1 rings (SSSR count). The van der Waals surface area contributed by atoms with E-state index in [2.05, 4.69) is 0 Å². The quantitative estimate of drug-likeness (QED) is 0.740. The molecule has 2 nitrogen and oxygen atoms in total. The monoisotopic (exact) mass is 186 g/mol. The molecule has 12 heavy (non-hydrogen) atoms. The summed E-state index contributed by atoms with van der Waals surface area (Å²) < 4.78 is 0. The number of rotatable bonds is 2. The molecular formula is C9H14O2S. The molecule has 68 valence electrons.